The second kappa shape index (κ2) is 5.61. The molecule has 0 aliphatic rings. The SMILES string of the molecule is COCc1nc(-c2ccncc2)sc1-c1nc(=S)[nH][nH]1. The molecule has 3 rings (SSSR count). The number of hydrogen-bond donors (Lipinski definition) is 2. The number of methoxy groups -OCH3 is 1. The molecule has 8 heteroatoms. The Morgan fingerprint density at radius 2 is 2.05 bits per heavy atom. The van der Waals surface area contributed by atoms with Gasteiger partial charge in [-0.15, -0.1) is 11.3 Å². The van der Waals surface area contributed by atoms with E-state index in [4.69, 9.17) is 17.0 Å². The maximum absolute atomic E-state index is 5.20. The monoisotopic (exact) mass is 305 g/mol. The molecule has 0 unspecified atom stereocenters. The Morgan fingerprint density at radius 3 is 2.70 bits per heavy atom. The van der Waals surface area contributed by atoms with Crippen LogP contribution in [0.5, 0.6) is 0 Å². The number of aromatic nitrogens is 5. The number of nitrogens with zero attached hydrogens (tertiary/aromatic N) is 3. The van der Waals surface area contributed by atoms with Crippen LogP contribution in [-0.4, -0.2) is 32.3 Å². The van der Waals surface area contributed by atoms with Gasteiger partial charge in [0.05, 0.1) is 17.2 Å². The molecule has 0 bridgehead atoms. The minimum absolute atomic E-state index is 0.419. The van der Waals surface area contributed by atoms with E-state index >= 15 is 0 Å². The van der Waals surface area contributed by atoms with E-state index in [1.165, 1.54) is 0 Å². The van der Waals surface area contributed by atoms with E-state index in [0.29, 0.717) is 17.2 Å². The first kappa shape index (κ1) is 13.1. The van der Waals surface area contributed by atoms with Gasteiger partial charge in [0.1, 0.15) is 5.01 Å². The summed E-state index contributed by atoms with van der Waals surface area (Å²) in [6.45, 7) is 0.421. The van der Waals surface area contributed by atoms with Crippen molar-refractivity contribution in [3.63, 3.8) is 0 Å². The molecule has 102 valence electrons. The van der Waals surface area contributed by atoms with Crippen molar-refractivity contribution >= 4 is 23.6 Å². The molecular weight excluding hydrogens is 294 g/mol. The molecule has 6 nitrogen and oxygen atoms in total. The Hall–Kier alpha value is -1.90. The van der Waals surface area contributed by atoms with Crippen molar-refractivity contribution in [1.29, 1.82) is 0 Å². The predicted molar refractivity (Wildman–Crippen MR) is 78.8 cm³/mol. The summed E-state index contributed by atoms with van der Waals surface area (Å²) in [6.07, 6.45) is 3.49. The summed E-state index contributed by atoms with van der Waals surface area (Å²) in [5, 5.41) is 6.64. The Balaban J connectivity index is 2.09. The van der Waals surface area contributed by atoms with E-state index in [1.807, 2.05) is 12.1 Å². The highest BCUT2D eigenvalue weighted by Crippen LogP contribution is 2.33. The quantitative estimate of drug-likeness (QED) is 0.725. The number of rotatable bonds is 4. The lowest BCUT2D eigenvalue weighted by Crippen LogP contribution is -1.91. The topological polar surface area (TPSA) is 79.5 Å². The molecule has 0 saturated heterocycles. The van der Waals surface area contributed by atoms with Crippen LogP contribution in [0.4, 0.5) is 0 Å². The van der Waals surface area contributed by atoms with E-state index in [1.54, 1.807) is 30.8 Å². The van der Waals surface area contributed by atoms with Crippen LogP contribution in [0, 0.1) is 4.77 Å². The fourth-order valence-corrected chi connectivity index (χ4v) is 2.93. The van der Waals surface area contributed by atoms with Crippen LogP contribution >= 0.6 is 23.6 Å². The molecule has 0 radical (unpaired) electrons. The van der Waals surface area contributed by atoms with Gasteiger partial charge in [0.2, 0.25) is 4.77 Å². The van der Waals surface area contributed by atoms with E-state index < -0.39 is 0 Å². The highest BCUT2D eigenvalue weighted by atomic mass is 32.1. The van der Waals surface area contributed by atoms with Crippen LogP contribution < -0.4 is 0 Å². The van der Waals surface area contributed by atoms with Crippen molar-refractivity contribution in [2.24, 2.45) is 0 Å². The minimum Gasteiger partial charge on any atom is -0.378 e. The highest BCUT2D eigenvalue weighted by molar-refractivity contribution is 7.71. The molecule has 3 heterocycles. The summed E-state index contributed by atoms with van der Waals surface area (Å²) < 4.78 is 5.62. The molecule has 0 atom stereocenters. The van der Waals surface area contributed by atoms with Gasteiger partial charge in [0, 0.05) is 25.1 Å². The molecule has 0 fully saturated rings. The summed E-state index contributed by atoms with van der Waals surface area (Å²) in [4.78, 5) is 13.8. The molecule has 0 amide bonds. The third-order valence-corrected chi connectivity index (χ3v) is 3.97. The van der Waals surface area contributed by atoms with E-state index in [9.17, 15) is 0 Å². The number of aromatic amines is 2. The maximum Gasteiger partial charge on any atom is 0.213 e. The van der Waals surface area contributed by atoms with Crippen LogP contribution in [0.3, 0.4) is 0 Å². The zero-order chi connectivity index (χ0) is 13.9. The summed E-state index contributed by atoms with van der Waals surface area (Å²) in [5.74, 6) is 0.680. The fraction of sp³-hybridized carbons (Fsp3) is 0.167. The number of H-pyrrole nitrogens is 2. The third kappa shape index (κ3) is 2.53. The molecular formula is C12H11N5OS2. The van der Waals surface area contributed by atoms with Gasteiger partial charge in [-0.2, -0.15) is 4.98 Å². The van der Waals surface area contributed by atoms with E-state index in [-0.39, 0.29) is 0 Å². The highest BCUT2D eigenvalue weighted by Gasteiger charge is 2.16. The molecule has 0 aliphatic heterocycles. The summed E-state index contributed by atoms with van der Waals surface area (Å²) in [6, 6.07) is 3.85. The van der Waals surface area contributed by atoms with Crippen molar-refractivity contribution in [3.8, 4) is 21.3 Å². The average molecular weight is 305 g/mol. The van der Waals surface area contributed by atoms with Crippen LogP contribution in [0.1, 0.15) is 5.69 Å². The molecule has 3 aromatic rings. The van der Waals surface area contributed by atoms with Crippen LogP contribution in [-0.2, 0) is 11.3 Å². The molecule has 3 aromatic heterocycles. The first-order chi connectivity index (χ1) is 9.78. The van der Waals surface area contributed by atoms with Crippen LogP contribution in [0.15, 0.2) is 24.5 Å². The largest absolute Gasteiger partial charge is 0.378 e. The number of nitrogens with one attached hydrogen (secondary N) is 2. The van der Waals surface area contributed by atoms with Gasteiger partial charge < -0.3 is 4.74 Å². The van der Waals surface area contributed by atoms with Crippen LogP contribution in [0.2, 0.25) is 0 Å². The molecule has 0 aliphatic carbocycles. The van der Waals surface area contributed by atoms with Crippen molar-refractivity contribution in [1.82, 2.24) is 25.1 Å². The van der Waals surface area contributed by atoms with Gasteiger partial charge in [-0.25, -0.2) is 4.98 Å². The lowest BCUT2D eigenvalue weighted by molar-refractivity contribution is 0.182. The Labute approximate surface area is 123 Å². The smallest absolute Gasteiger partial charge is 0.213 e. The Morgan fingerprint density at radius 1 is 1.25 bits per heavy atom. The number of thiazole rings is 1. The first-order valence-electron chi connectivity index (χ1n) is 5.82. The molecule has 0 spiro atoms. The van der Waals surface area contributed by atoms with Gasteiger partial charge in [0.25, 0.3) is 0 Å². The number of ether oxygens (including phenoxy) is 1. The maximum atomic E-state index is 5.20. The van der Waals surface area contributed by atoms with Crippen molar-refractivity contribution in [2.45, 2.75) is 6.61 Å². The number of pyridine rings is 1. The fourth-order valence-electron chi connectivity index (χ4n) is 1.77. The second-order valence-corrected chi connectivity index (χ2v) is 5.37. The molecule has 0 aromatic carbocycles. The standard InChI is InChI=1S/C12H11N5OS2/c1-18-6-8-9(10-15-12(19)17-16-10)20-11(14-8)7-2-4-13-5-3-7/h2-5H,6H2,1H3,(H2,15,16,17,19). The van der Waals surface area contributed by atoms with Crippen molar-refractivity contribution < 1.29 is 4.74 Å². The van der Waals surface area contributed by atoms with Gasteiger partial charge in [-0.05, 0) is 24.4 Å². The lowest BCUT2D eigenvalue weighted by Gasteiger charge is -1.96. The van der Waals surface area contributed by atoms with Gasteiger partial charge in [-0.1, -0.05) is 0 Å². The Bertz CT molecular complexity index is 762. The van der Waals surface area contributed by atoms with Gasteiger partial charge in [-0.3, -0.25) is 15.2 Å². The molecule has 0 saturated carbocycles. The normalized spacial score (nSPS) is 10.8. The summed E-state index contributed by atoms with van der Waals surface area (Å²) >= 11 is 6.53. The van der Waals surface area contributed by atoms with Gasteiger partial charge >= 0.3 is 0 Å². The molecule has 2 N–H and O–H groups in total. The van der Waals surface area contributed by atoms with Gasteiger partial charge in [0.15, 0.2) is 5.82 Å². The Kier molecular flexibility index (Phi) is 3.68. The predicted octanol–water partition coefficient (Wildman–Crippen LogP) is 2.80. The van der Waals surface area contributed by atoms with Crippen molar-refractivity contribution in [2.75, 3.05) is 7.11 Å². The second-order valence-electron chi connectivity index (χ2n) is 3.98. The molecule has 20 heavy (non-hydrogen) atoms. The summed E-state index contributed by atoms with van der Waals surface area (Å²) in [5.41, 5.74) is 1.85. The lowest BCUT2D eigenvalue weighted by atomic mass is 10.3. The zero-order valence-electron chi connectivity index (χ0n) is 10.6. The third-order valence-electron chi connectivity index (χ3n) is 2.62. The van der Waals surface area contributed by atoms with Crippen molar-refractivity contribution in [3.05, 3.63) is 35.0 Å². The van der Waals surface area contributed by atoms with E-state index in [0.717, 1.165) is 21.1 Å². The first-order valence-corrected chi connectivity index (χ1v) is 7.04. The minimum atomic E-state index is 0.419. The number of hydrogen-bond acceptors (Lipinski definition) is 6. The average Bonchev–Trinajstić information content (AvgIpc) is 3.07. The van der Waals surface area contributed by atoms with Crippen LogP contribution in [0.25, 0.3) is 21.3 Å². The van der Waals surface area contributed by atoms with E-state index in [2.05, 4.69) is 25.1 Å². The summed E-state index contributed by atoms with van der Waals surface area (Å²) in [7, 11) is 1.64. The zero-order valence-corrected chi connectivity index (χ0v) is 12.2.